The van der Waals surface area contributed by atoms with Gasteiger partial charge in [0.15, 0.2) is 0 Å². The number of nitrogens with zero attached hydrogens (tertiary/aromatic N) is 2. The number of furan rings is 1. The fraction of sp³-hybridized carbons (Fsp3) is 0.176. The molecule has 0 N–H and O–H groups in total. The van der Waals surface area contributed by atoms with Crippen molar-refractivity contribution < 1.29 is 14.1 Å². The minimum atomic E-state index is -0.451. The van der Waals surface area contributed by atoms with Crippen LogP contribution in [0.1, 0.15) is 19.1 Å². The van der Waals surface area contributed by atoms with Crippen LogP contribution in [-0.4, -0.2) is 26.6 Å². The van der Waals surface area contributed by atoms with E-state index in [1.165, 1.54) is 17.8 Å². The number of thiocarbonyl (C=S) groups is 1. The molecule has 0 saturated carbocycles. The summed E-state index contributed by atoms with van der Waals surface area (Å²) in [7, 11) is 0. The van der Waals surface area contributed by atoms with Crippen molar-refractivity contribution in [3.63, 3.8) is 0 Å². The molecule has 2 heterocycles. The quantitative estimate of drug-likeness (QED) is 0.333. The SMILES string of the molecule is CCCN1C(=O)C(=Cc2ccc(-c3ccccc3[N+](=O)[O-])o2)SC1=S. The summed E-state index contributed by atoms with van der Waals surface area (Å²) in [6, 6.07) is 9.69. The van der Waals surface area contributed by atoms with Gasteiger partial charge < -0.3 is 4.42 Å². The average Bonchev–Trinajstić information content (AvgIpc) is 3.16. The van der Waals surface area contributed by atoms with Gasteiger partial charge in [-0.25, -0.2) is 0 Å². The van der Waals surface area contributed by atoms with Crippen LogP contribution in [0.25, 0.3) is 17.4 Å². The predicted octanol–water partition coefficient (Wildman–Crippen LogP) is 4.47. The second kappa shape index (κ2) is 7.20. The highest BCUT2D eigenvalue weighted by Crippen LogP contribution is 2.35. The molecule has 2 aromatic rings. The van der Waals surface area contributed by atoms with Crippen molar-refractivity contribution >= 4 is 46.0 Å². The van der Waals surface area contributed by atoms with Gasteiger partial charge in [0.2, 0.25) is 0 Å². The third-order valence-electron chi connectivity index (χ3n) is 3.59. The maximum absolute atomic E-state index is 12.3. The van der Waals surface area contributed by atoms with Crippen molar-refractivity contribution in [3.8, 4) is 11.3 Å². The Kier molecular flexibility index (Phi) is 5.00. The predicted molar refractivity (Wildman–Crippen MR) is 101 cm³/mol. The molecule has 25 heavy (non-hydrogen) atoms. The molecule has 1 aliphatic heterocycles. The van der Waals surface area contributed by atoms with E-state index < -0.39 is 4.92 Å². The molecule has 6 nitrogen and oxygen atoms in total. The lowest BCUT2D eigenvalue weighted by atomic mass is 10.1. The number of hydrogen-bond donors (Lipinski definition) is 0. The van der Waals surface area contributed by atoms with Gasteiger partial charge in [0, 0.05) is 18.7 Å². The Hall–Kier alpha value is -2.45. The summed E-state index contributed by atoms with van der Waals surface area (Å²) in [5, 5.41) is 11.1. The van der Waals surface area contributed by atoms with E-state index in [0.717, 1.165) is 6.42 Å². The van der Waals surface area contributed by atoms with Crippen molar-refractivity contribution in [2.75, 3.05) is 6.54 Å². The lowest BCUT2D eigenvalue weighted by Crippen LogP contribution is -2.28. The summed E-state index contributed by atoms with van der Waals surface area (Å²) in [5.74, 6) is 0.688. The van der Waals surface area contributed by atoms with Crippen molar-refractivity contribution in [2.24, 2.45) is 0 Å². The minimum absolute atomic E-state index is 0.0299. The first kappa shape index (κ1) is 17.4. The van der Waals surface area contributed by atoms with E-state index in [-0.39, 0.29) is 11.6 Å². The number of carbonyl (C=O) groups excluding carboxylic acids is 1. The Labute approximate surface area is 153 Å². The third kappa shape index (κ3) is 3.49. The van der Waals surface area contributed by atoms with Gasteiger partial charge in [0.05, 0.1) is 15.4 Å². The molecule has 0 atom stereocenters. The Morgan fingerprint density at radius 3 is 2.80 bits per heavy atom. The maximum Gasteiger partial charge on any atom is 0.280 e. The first-order valence-electron chi connectivity index (χ1n) is 7.60. The molecule has 0 spiro atoms. The lowest BCUT2D eigenvalue weighted by molar-refractivity contribution is -0.384. The molecule has 1 amide bonds. The summed E-state index contributed by atoms with van der Waals surface area (Å²) in [6.45, 7) is 2.56. The Morgan fingerprint density at radius 2 is 2.08 bits per heavy atom. The Morgan fingerprint density at radius 1 is 1.32 bits per heavy atom. The van der Waals surface area contributed by atoms with E-state index in [1.54, 1.807) is 41.3 Å². The van der Waals surface area contributed by atoms with Gasteiger partial charge in [-0.05, 0) is 24.6 Å². The van der Waals surface area contributed by atoms with Crippen molar-refractivity contribution in [1.82, 2.24) is 4.90 Å². The van der Waals surface area contributed by atoms with E-state index in [9.17, 15) is 14.9 Å². The van der Waals surface area contributed by atoms with Crippen molar-refractivity contribution in [1.29, 1.82) is 0 Å². The second-order valence-electron chi connectivity index (χ2n) is 5.31. The van der Waals surface area contributed by atoms with E-state index >= 15 is 0 Å². The van der Waals surface area contributed by atoms with Gasteiger partial charge in [0.25, 0.3) is 11.6 Å². The molecule has 0 bridgehead atoms. The van der Waals surface area contributed by atoms with Crippen LogP contribution < -0.4 is 0 Å². The highest BCUT2D eigenvalue weighted by molar-refractivity contribution is 8.26. The molecule has 1 saturated heterocycles. The van der Waals surface area contributed by atoms with E-state index in [4.69, 9.17) is 16.6 Å². The molecule has 8 heteroatoms. The van der Waals surface area contributed by atoms with Gasteiger partial charge in [-0.15, -0.1) is 0 Å². The zero-order valence-electron chi connectivity index (χ0n) is 13.3. The summed E-state index contributed by atoms with van der Waals surface area (Å²) in [4.78, 5) is 25.1. The summed E-state index contributed by atoms with van der Waals surface area (Å²) in [6.07, 6.45) is 2.44. The van der Waals surface area contributed by atoms with Crippen LogP contribution in [0, 0.1) is 10.1 Å². The fourth-order valence-electron chi connectivity index (χ4n) is 2.46. The maximum atomic E-state index is 12.3. The van der Waals surface area contributed by atoms with Crippen LogP contribution in [0.15, 0.2) is 45.7 Å². The molecule has 1 aromatic carbocycles. The minimum Gasteiger partial charge on any atom is -0.456 e. The molecular weight excluding hydrogens is 360 g/mol. The van der Waals surface area contributed by atoms with Gasteiger partial charge >= 0.3 is 0 Å². The molecular formula is C17H14N2O4S2. The second-order valence-corrected chi connectivity index (χ2v) is 6.99. The standard InChI is InChI=1S/C17H14N2O4S2/c1-2-9-18-16(20)15(25-17(18)24)10-11-7-8-14(23-11)12-5-3-4-6-13(12)19(21)22/h3-8,10H,2,9H2,1H3. The first-order chi connectivity index (χ1) is 12.0. The number of nitro groups is 1. The topological polar surface area (TPSA) is 76.6 Å². The average molecular weight is 374 g/mol. The number of nitro benzene ring substituents is 1. The molecule has 1 aromatic heterocycles. The van der Waals surface area contributed by atoms with E-state index in [1.807, 2.05) is 6.92 Å². The Balaban J connectivity index is 1.90. The van der Waals surface area contributed by atoms with Gasteiger partial charge in [-0.1, -0.05) is 43.0 Å². The van der Waals surface area contributed by atoms with Crippen LogP contribution in [0.5, 0.6) is 0 Å². The zero-order valence-corrected chi connectivity index (χ0v) is 14.9. The largest absolute Gasteiger partial charge is 0.456 e. The fourth-order valence-corrected chi connectivity index (χ4v) is 3.75. The van der Waals surface area contributed by atoms with E-state index in [0.29, 0.717) is 32.9 Å². The molecule has 3 rings (SSSR count). The molecule has 1 aliphatic rings. The highest BCUT2D eigenvalue weighted by Gasteiger charge is 2.31. The van der Waals surface area contributed by atoms with Crippen LogP contribution in [0.4, 0.5) is 5.69 Å². The van der Waals surface area contributed by atoms with Gasteiger partial charge in [-0.3, -0.25) is 19.8 Å². The van der Waals surface area contributed by atoms with Crippen molar-refractivity contribution in [2.45, 2.75) is 13.3 Å². The van der Waals surface area contributed by atoms with Crippen LogP contribution in [-0.2, 0) is 4.79 Å². The first-order valence-corrected chi connectivity index (χ1v) is 8.82. The molecule has 0 unspecified atom stereocenters. The summed E-state index contributed by atoms with van der Waals surface area (Å²) >= 11 is 6.46. The Bertz CT molecular complexity index is 888. The van der Waals surface area contributed by atoms with Gasteiger partial charge in [-0.2, -0.15) is 0 Å². The van der Waals surface area contributed by atoms with Crippen molar-refractivity contribution in [3.05, 3.63) is 57.2 Å². The molecule has 0 aliphatic carbocycles. The summed E-state index contributed by atoms with van der Waals surface area (Å²) in [5.41, 5.74) is 0.364. The summed E-state index contributed by atoms with van der Waals surface area (Å²) < 4.78 is 6.22. The van der Waals surface area contributed by atoms with E-state index in [2.05, 4.69) is 0 Å². The molecule has 128 valence electrons. The third-order valence-corrected chi connectivity index (χ3v) is 4.96. The number of para-hydroxylation sites is 1. The van der Waals surface area contributed by atoms with Crippen LogP contribution in [0.3, 0.4) is 0 Å². The highest BCUT2D eigenvalue weighted by atomic mass is 32.2. The van der Waals surface area contributed by atoms with Crippen LogP contribution in [0.2, 0.25) is 0 Å². The number of rotatable bonds is 5. The molecule has 1 fully saturated rings. The smallest absolute Gasteiger partial charge is 0.280 e. The number of hydrogen-bond acceptors (Lipinski definition) is 6. The molecule has 0 radical (unpaired) electrons. The van der Waals surface area contributed by atoms with Crippen LogP contribution >= 0.6 is 24.0 Å². The number of thioether (sulfide) groups is 1. The zero-order chi connectivity index (χ0) is 18.0. The number of benzene rings is 1. The number of carbonyl (C=O) groups is 1. The number of amides is 1. The van der Waals surface area contributed by atoms with Gasteiger partial charge in [0.1, 0.15) is 15.8 Å². The normalized spacial score (nSPS) is 16.0. The lowest BCUT2D eigenvalue weighted by Gasteiger charge is -2.11. The monoisotopic (exact) mass is 374 g/mol.